The summed E-state index contributed by atoms with van der Waals surface area (Å²) in [6.45, 7) is 2.02. The molecule has 1 aliphatic rings. The smallest absolute Gasteiger partial charge is 0.316 e. The molecule has 0 radical (unpaired) electrons. The quantitative estimate of drug-likeness (QED) is 0.439. The molecule has 10 heteroatoms. The van der Waals surface area contributed by atoms with Crippen molar-refractivity contribution in [2.45, 2.75) is 25.3 Å². The maximum atomic E-state index is 12.4. The minimum atomic E-state index is -0.825. The first-order valence-electron chi connectivity index (χ1n) is 9.42. The molecule has 0 fully saturated rings. The zero-order valence-corrected chi connectivity index (χ0v) is 16.6. The van der Waals surface area contributed by atoms with E-state index in [0.29, 0.717) is 12.1 Å². The van der Waals surface area contributed by atoms with Gasteiger partial charge in [-0.15, -0.1) is 0 Å². The van der Waals surface area contributed by atoms with Crippen LogP contribution in [0.15, 0.2) is 41.4 Å². The van der Waals surface area contributed by atoms with Gasteiger partial charge in [-0.3, -0.25) is 19.4 Å². The Kier molecular flexibility index (Phi) is 8.09. The van der Waals surface area contributed by atoms with Crippen LogP contribution in [0.4, 0.5) is 10.5 Å². The van der Waals surface area contributed by atoms with Crippen molar-refractivity contribution in [1.82, 2.24) is 10.6 Å². The third kappa shape index (κ3) is 7.04. The number of primary amides is 1. The van der Waals surface area contributed by atoms with E-state index in [4.69, 9.17) is 10.5 Å². The van der Waals surface area contributed by atoms with Gasteiger partial charge in [0.25, 0.3) is 5.91 Å². The molecule has 2 rings (SSSR count). The van der Waals surface area contributed by atoms with E-state index in [-0.39, 0.29) is 37.6 Å². The fraction of sp³-hybridized carbons (Fsp3) is 0.350. The highest BCUT2D eigenvalue weighted by Crippen LogP contribution is 2.19. The first-order valence-corrected chi connectivity index (χ1v) is 9.42. The Morgan fingerprint density at radius 3 is 2.73 bits per heavy atom. The lowest BCUT2D eigenvalue weighted by atomic mass is 9.91. The standard InChI is InChI=1S/C20H25N5O5/c1-2-30-17(27)7-9-20(8-4-10-22-13-20)25-16(26)12-23-18(28)14-5-3-6-15(11-14)24-19(21)29/h3-6,8,10-11H,2,7,9,12-13H2,1H3,(H,23,28)(H,25,26)(H3,21,24,29). The molecule has 0 saturated carbocycles. The summed E-state index contributed by atoms with van der Waals surface area (Å²) in [5.41, 5.74) is 4.86. The largest absolute Gasteiger partial charge is 0.466 e. The summed E-state index contributed by atoms with van der Waals surface area (Å²) < 4.78 is 4.94. The molecule has 0 aliphatic carbocycles. The van der Waals surface area contributed by atoms with E-state index < -0.39 is 23.4 Å². The minimum absolute atomic E-state index is 0.125. The first kappa shape index (κ1) is 22.6. The summed E-state index contributed by atoms with van der Waals surface area (Å²) >= 11 is 0. The minimum Gasteiger partial charge on any atom is -0.466 e. The van der Waals surface area contributed by atoms with Crippen molar-refractivity contribution in [3.05, 3.63) is 42.0 Å². The van der Waals surface area contributed by atoms with Gasteiger partial charge in [0.15, 0.2) is 0 Å². The van der Waals surface area contributed by atoms with Crippen LogP contribution in [-0.4, -0.2) is 55.3 Å². The van der Waals surface area contributed by atoms with Crippen LogP contribution >= 0.6 is 0 Å². The number of carbonyl (C=O) groups is 4. The molecule has 5 N–H and O–H groups in total. The maximum absolute atomic E-state index is 12.4. The van der Waals surface area contributed by atoms with Gasteiger partial charge in [0.05, 0.1) is 25.2 Å². The van der Waals surface area contributed by atoms with Gasteiger partial charge in [-0.05, 0) is 37.6 Å². The van der Waals surface area contributed by atoms with Crippen LogP contribution in [-0.2, 0) is 14.3 Å². The summed E-state index contributed by atoms with van der Waals surface area (Å²) in [5, 5.41) is 7.74. The number of ether oxygens (including phenoxy) is 1. The van der Waals surface area contributed by atoms with Gasteiger partial charge in [-0.2, -0.15) is 0 Å². The average molecular weight is 415 g/mol. The van der Waals surface area contributed by atoms with Crippen LogP contribution in [0.5, 0.6) is 0 Å². The molecule has 1 aliphatic heterocycles. The molecule has 0 bridgehead atoms. The van der Waals surface area contributed by atoms with Crippen molar-refractivity contribution in [2.75, 3.05) is 25.0 Å². The molecule has 1 aromatic rings. The monoisotopic (exact) mass is 415 g/mol. The zero-order valence-electron chi connectivity index (χ0n) is 16.6. The zero-order chi connectivity index (χ0) is 22.0. The van der Waals surface area contributed by atoms with E-state index >= 15 is 0 Å². The second-order valence-electron chi connectivity index (χ2n) is 6.61. The number of hydrogen-bond acceptors (Lipinski definition) is 6. The van der Waals surface area contributed by atoms with E-state index in [1.165, 1.54) is 6.07 Å². The summed E-state index contributed by atoms with van der Waals surface area (Å²) in [7, 11) is 0. The van der Waals surface area contributed by atoms with Crippen molar-refractivity contribution in [3.63, 3.8) is 0 Å². The van der Waals surface area contributed by atoms with Crippen LogP contribution in [0.2, 0.25) is 0 Å². The number of allylic oxidation sites excluding steroid dienone is 1. The molecule has 30 heavy (non-hydrogen) atoms. The number of rotatable bonds is 9. The topological polar surface area (TPSA) is 152 Å². The highest BCUT2D eigenvalue weighted by Gasteiger charge is 2.31. The van der Waals surface area contributed by atoms with Gasteiger partial charge < -0.3 is 26.4 Å². The number of urea groups is 1. The number of hydrogen-bond donors (Lipinski definition) is 4. The highest BCUT2D eigenvalue weighted by molar-refractivity contribution is 5.98. The molecule has 1 atom stereocenters. The molecule has 1 heterocycles. The predicted molar refractivity (Wildman–Crippen MR) is 111 cm³/mol. The molecule has 4 amide bonds. The number of esters is 1. The Labute approximate surface area is 173 Å². The lowest BCUT2D eigenvalue weighted by molar-refractivity contribution is -0.143. The SMILES string of the molecule is CCOC(=O)CCC1(NC(=O)CNC(=O)c2cccc(NC(N)=O)c2)C=CC=NC1. The van der Waals surface area contributed by atoms with E-state index in [1.54, 1.807) is 43.5 Å². The average Bonchev–Trinajstić information content (AvgIpc) is 2.71. The second-order valence-corrected chi connectivity index (χ2v) is 6.61. The maximum Gasteiger partial charge on any atom is 0.316 e. The van der Waals surface area contributed by atoms with Gasteiger partial charge in [0, 0.05) is 23.9 Å². The number of aliphatic imine (C=N–C) groups is 1. The summed E-state index contributed by atoms with van der Waals surface area (Å²) in [6.07, 6.45) is 5.53. The van der Waals surface area contributed by atoms with Crippen molar-refractivity contribution in [2.24, 2.45) is 10.7 Å². The third-order valence-corrected chi connectivity index (χ3v) is 4.25. The van der Waals surface area contributed by atoms with Gasteiger partial charge >= 0.3 is 12.0 Å². The van der Waals surface area contributed by atoms with Crippen molar-refractivity contribution in [3.8, 4) is 0 Å². The van der Waals surface area contributed by atoms with Gasteiger partial charge in [0.1, 0.15) is 0 Å². The van der Waals surface area contributed by atoms with Crippen molar-refractivity contribution in [1.29, 1.82) is 0 Å². The molecule has 10 nitrogen and oxygen atoms in total. The third-order valence-electron chi connectivity index (χ3n) is 4.25. The molecular formula is C20H25N5O5. The van der Waals surface area contributed by atoms with E-state index in [9.17, 15) is 19.2 Å². The van der Waals surface area contributed by atoms with E-state index in [0.717, 1.165) is 0 Å². The number of amides is 4. The molecule has 1 aromatic carbocycles. The lowest BCUT2D eigenvalue weighted by Gasteiger charge is -2.31. The fourth-order valence-corrected chi connectivity index (χ4v) is 2.89. The van der Waals surface area contributed by atoms with Crippen molar-refractivity contribution >= 4 is 35.7 Å². The molecule has 0 saturated heterocycles. The van der Waals surface area contributed by atoms with Crippen LogP contribution < -0.4 is 21.7 Å². The summed E-state index contributed by atoms with van der Waals surface area (Å²) in [6, 6.07) is 5.40. The summed E-state index contributed by atoms with van der Waals surface area (Å²) in [4.78, 5) is 51.5. The van der Waals surface area contributed by atoms with Gasteiger partial charge in [-0.1, -0.05) is 12.1 Å². The number of nitrogens with zero attached hydrogens (tertiary/aromatic N) is 1. The van der Waals surface area contributed by atoms with Gasteiger partial charge in [-0.25, -0.2) is 4.79 Å². The summed E-state index contributed by atoms with van der Waals surface area (Å²) in [5.74, 6) is -1.27. The van der Waals surface area contributed by atoms with Crippen LogP contribution in [0, 0.1) is 0 Å². The first-order chi connectivity index (χ1) is 14.3. The molecule has 1 unspecified atom stereocenters. The number of dihydropyridines is 1. The van der Waals surface area contributed by atoms with E-state index in [2.05, 4.69) is 20.9 Å². The normalized spacial score (nSPS) is 17.1. The molecule has 0 spiro atoms. The Hall–Kier alpha value is -3.69. The van der Waals surface area contributed by atoms with Crippen LogP contribution in [0.3, 0.4) is 0 Å². The second kappa shape index (κ2) is 10.7. The number of anilines is 1. The van der Waals surface area contributed by atoms with Crippen LogP contribution in [0.25, 0.3) is 0 Å². The Balaban J connectivity index is 1.93. The Morgan fingerprint density at radius 1 is 1.27 bits per heavy atom. The van der Waals surface area contributed by atoms with Crippen molar-refractivity contribution < 1.29 is 23.9 Å². The molecule has 160 valence electrons. The highest BCUT2D eigenvalue weighted by atomic mass is 16.5. The van der Waals surface area contributed by atoms with E-state index in [1.807, 2.05) is 0 Å². The molecule has 0 aromatic heterocycles. The lowest BCUT2D eigenvalue weighted by Crippen LogP contribution is -2.53. The number of carbonyl (C=O) groups excluding carboxylic acids is 4. The Morgan fingerprint density at radius 2 is 2.07 bits per heavy atom. The number of nitrogens with two attached hydrogens (primary N) is 1. The van der Waals surface area contributed by atoms with Crippen LogP contribution in [0.1, 0.15) is 30.1 Å². The molecular weight excluding hydrogens is 390 g/mol. The predicted octanol–water partition coefficient (Wildman–Crippen LogP) is 0.746. The number of benzene rings is 1. The Bertz CT molecular complexity index is 867. The van der Waals surface area contributed by atoms with Gasteiger partial charge in [0.2, 0.25) is 5.91 Å². The fourth-order valence-electron chi connectivity index (χ4n) is 2.89. The number of nitrogens with one attached hydrogen (secondary N) is 3.